The van der Waals surface area contributed by atoms with Crippen LogP contribution in [-0.2, 0) is 14.3 Å². The van der Waals surface area contributed by atoms with E-state index in [1.807, 2.05) is 6.92 Å². The van der Waals surface area contributed by atoms with Crippen LogP contribution >= 0.6 is 0 Å². The molecule has 2 aliphatic rings. The number of unbranched alkanes of at least 4 members (excludes halogenated alkanes) is 2. The van der Waals surface area contributed by atoms with E-state index < -0.39 is 5.82 Å². The molecule has 3 rings (SSSR count). The second-order valence-electron chi connectivity index (χ2n) is 8.45. The summed E-state index contributed by atoms with van der Waals surface area (Å²) in [5, 5.41) is 0. The molecular weight excluding hydrogens is 387 g/mol. The smallest absolute Gasteiger partial charge is 0.314 e. The normalized spacial score (nSPS) is 26.9. The van der Waals surface area contributed by atoms with Crippen molar-refractivity contribution in [3.05, 3.63) is 24.0 Å². The molecule has 6 heteroatoms. The van der Waals surface area contributed by atoms with Crippen LogP contribution in [-0.4, -0.2) is 32.1 Å². The Balaban J connectivity index is 1.40. The van der Waals surface area contributed by atoms with Gasteiger partial charge >= 0.3 is 5.97 Å². The lowest BCUT2D eigenvalue weighted by Gasteiger charge is -2.37. The van der Waals surface area contributed by atoms with Crippen LogP contribution in [0.2, 0.25) is 0 Å². The molecule has 168 valence electrons. The highest BCUT2D eigenvalue weighted by molar-refractivity contribution is 5.75. The lowest BCUT2D eigenvalue weighted by molar-refractivity contribution is -0.230. The molecule has 1 saturated heterocycles. The molecule has 0 N–H and O–H groups in total. The minimum Gasteiger partial charge on any atom is -0.494 e. The van der Waals surface area contributed by atoms with Gasteiger partial charge in [-0.2, -0.15) is 0 Å². The number of benzene rings is 1. The van der Waals surface area contributed by atoms with Crippen molar-refractivity contribution in [1.82, 2.24) is 0 Å². The zero-order valence-corrected chi connectivity index (χ0v) is 18.2. The largest absolute Gasteiger partial charge is 0.494 e. The highest BCUT2D eigenvalue weighted by Gasteiger charge is 2.35. The van der Waals surface area contributed by atoms with Gasteiger partial charge in [-0.15, -0.1) is 0 Å². The second kappa shape index (κ2) is 11.7. The van der Waals surface area contributed by atoms with Crippen molar-refractivity contribution < 1.29 is 28.1 Å². The second-order valence-corrected chi connectivity index (χ2v) is 8.45. The Morgan fingerprint density at radius 3 is 2.47 bits per heavy atom. The van der Waals surface area contributed by atoms with E-state index in [1.54, 1.807) is 6.07 Å². The summed E-state index contributed by atoms with van der Waals surface area (Å²) < 4.78 is 36.7. The van der Waals surface area contributed by atoms with Gasteiger partial charge in [-0.1, -0.05) is 26.2 Å². The van der Waals surface area contributed by atoms with Crippen molar-refractivity contribution in [2.24, 2.45) is 17.8 Å². The summed E-state index contributed by atoms with van der Waals surface area (Å²) in [6.07, 6.45) is 7.88. The number of rotatable bonds is 9. The number of hydrogen-bond donors (Lipinski definition) is 0. The van der Waals surface area contributed by atoms with E-state index in [0.29, 0.717) is 37.0 Å². The maximum atomic E-state index is 14.1. The quantitative estimate of drug-likeness (QED) is 0.299. The first-order valence-corrected chi connectivity index (χ1v) is 11.5. The van der Waals surface area contributed by atoms with Gasteiger partial charge in [0.2, 0.25) is 0 Å². The predicted molar refractivity (Wildman–Crippen MR) is 112 cm³/mol. The van der Waals surface area contributed by atoms with E-state index in [4.69, 9.17) is 18.9 Å². The van der Waals surface area contributed by atoms with E-state index in [0.717, 1.165) is 26.1 Å². The lowest BCUT2D eigenvalue weighted by atomic mass is 9.81. The number of halogens is 1. The van der Waals surface area contributed by atoms with Crippen LogP contribution in [0.4, 0.5) is 4.39 Å². The van der Waals surface area contributed by atoms with Gasteiger partial charge in [0.15, 0.2) is 17.9 Å². The number of hydrogen-bond acceptors (Lipinski definition) is 5. The summed E-state index contributed by atoms with van der Waals surface area (Å²) in [5.74, 6) is 0.0427. The molecule has 1 aromatic rings. The molecule has 2 fully saturated rings. The van der Waals surface area contributed by atoms with Crippen LogP contribution in [0, 0.1) is 23.6 Å². The first-order chi connectivity index (χ1) is 14.6. The van der Waals surface area contributed by atoms with Crippen LogP contribution in [0.1, 0.15) is 65.2 Å². The van der Waals surface area contributed by atoms with Gasteiger partial charge < -0.3 is 18.9 Å². The Hall–Kier alpha value is -1.66. The third-order valence-corrected chi connectivity index (χ3v) is 6.12. The molecule has 0 spiro atoms. The van der Waals surface area contributed by atoms with E-state index in [1.165, 1.54) is 37.8 Å². The summed E-state index contributed by atoms with van der Waals surface area (Å²) in [6.45, 7) is 6.04. The van der Waals surface area contributed by atoms with E-state index in [9.17, 15) is 9.18 Å². The summed E-state index contributed by atoms with van der Waals surface area (Å²) in [5.41, 5.74) is 0. The summed E-state index contributed by atoms with van der Waals surface area (Å²) >= 11 is 0. The molecule has 0 unspecified atom stereocenters. The highest BCUT2D eigenvalue weighted by atomic mass is 19.1. The van der Waals surface area contributed by atoms with Gasteiger partial charge in [0.05, 0.1) is 25.7 Å². The standard InChI is InChI=1S/C24H35FO5/c1-3-5-6-7-17-15-28-24(29-16-17)19-10-8-18(9-11-19)23(26)30-22-13-12-20(27-4-2)14-21(22)25/h12-14,17-19,24H,3-11,15-16H2,1-2H3. The minimum atomic E-state index is -0.583. The fraction of sp³-hybridized carbons (Fsp3) is 0.708. The number of carbonyl (C=O) groups is 1. The summed E-state index contributed by atoms with van der Waals surface area (Å²) in [4.78, 5) is 12.5. The third kappa shape index (κ3) is 6.42. The molecule has 30 heavy (non-hydrogen) atoms. The Labute approximate surface area is 179 Å². The van der Waals surface area contributed by atoms with Crippen molar-refractivity contribution >= 4 is 5.97 Å². The zero-order valence-electron chi connectivity index (χ0n) is 18.2. The first kappa shape index (κ1) is 23.0. The Bertz CT molecular complexity index is 664. The highest BCUT2D eigenvalue weighted by Crippen LogP contribution is 2.35. The number of carbonyl (C=O) groups excluding carboxylic acids is 1. The molecule has 5 nitrogen and oxygen atoms in total. The first-order valence-electron chi connectivity index (χ1n) is 11.5. The van der Waals surface area contributed by atoms with Crippen LogP contribution in [0.5, 0.6) is 11.5 Å². The number of esters is 1. The third-order valence-electron chi connectivity index (χ3n) is 6.12. The van der Waals surface area contributed by atoms with Crippen LogP contribution in [0.3, 0.4) is 0 Å². The Kier molecular flexibility index (Phi) is 8.94. The molecule has 0 amide bonds. The summed E-state index contributed by atoms with van der Waals surface area (Å²) in [6, 6.07) is 4.31. The van der Waals surface area contributed by atoms with Crippen LogP contribution < -0.4 is 9.47 Å². The summed E-state index contributed by atoms with van der Waals surface area (Å²) in [7, 11) is 0. The molecule has 1 aromatic carbocycles. The molecule has 1 heterocycles. The van der Waals surface area contributed by atoms with Gasteiger partial charge in [-0.05, 0) is 51.2 Å². The van der Waals surface area contributed by atoms with Crippen molar-refractivity contribution in [2.45, 2.75) is 71.5 Å². The van der Waals surface area contributed by atoms with E-state index in [2.05, 4.69) is 6.92 Å². The minimum absolute atomic E-state index is 0.0429. The Morgan fingerprint density at radius 1 is 1.10 bits per heavy atom. The van der Waals surface area contributed by atoms with Crippen molar-refractivity contribution in [1.29, 1.82) is 0 Å². The molecule has 1 saturated carbocycles. The molecule has 1 aliphatic carbocycles. The van der Waals surface area contributed by atoms with Crippen LogP contribution in [0.15, 0.2) is 18.2 Å². The number of ether oxygens (including phenoxy) is 4. The average molecular weight is 423 g/mol. The molecule has 0 bridgehead atoms. The molecule has 1 aliphatic heterocycles. The van der Waals surface area contributed by atoms with E-state index in [-0.39, 0.29) is 23.9 Å². The molecular formula is C24H35FO5. The van der Waals surface area contributed by atoms with Gasteiger partial charge in [0, 0.05) is 17.9 Å². The predicted octanol–water partition coefficient (Wildman–Crippen LogP) is 5.51. The van der Waals surface area contributed by atoms with Crippen molar-refractivity contribution in [3.8, 4) is 11.5 Å². The SMILES string of the molecule is CCCCCC1COC(C2CCC(C(=O)Oc3ccc(OCC)cc3F)CC2)OC1. The van der Waals surface area contributed by atoms with Crippen LogP contribution in [0.25, 0.3) is 0 Å². The maximum Gasteiger partial charge on any atom is 0.314 e. The maximum absolute atomic E-state index is 14.1. The lowest BCUT2D eigenvalue weighted by Crippen LogP contribution is -2.39. The molecule has 0 atom stereocenters. The molecule has 0 aromatic heterocycles. The Morgan fingerprint density at radius 2 is 1.83 bits per heavy atom. The van der Waals surface area contributed by atoms with Crippen molar-refractivity contribution in [2.75, 3.05) is 19.8 Å². The average Bonchev–Trinajstić information content (AvgIpc) is 2.77. The van der Waals surface area contributed by atoms with Gasteiger partial charge in [0.25, 0.3) is 0 Å². The zero-order chi connectivity index (χ0) is 21.3. The topological polar surface area (TPSA) is 54.0 Å². The van der Waals surface area contributed by atoms with Gasteiger partial charge in [-0.3, -0.25) is 4.79 Å². The monoisotopic (exact) mass is 422 g/mol. The van der Waals surface area contributed by atoms with Gasteiger partial charge in [0.1, 0.15) is 5.75 Å². The fourth-order valence-electron chi connectivity index (χ4n) is 4.32. The molecule has 0 radical (unpaired) electrons. The fourth-order valence-corrected chi connectivity index (χ4v) is 4.32. The van der Waals surface area contributed by atoms with E-state index >= 15 is 0 Å². The van der Waals surface area contributed by atoms with Gasteiger partial charge in [-0.25, -0.2) is 4.39 Å². The van der Waals surface area contributed by atoms with Crippen molar-refractivity contribution in [3.63, 3.8) is 0 Å².